The Bertz CT molecular complexity index is 1070. The molecule has 174 valence electrons. The number of ether oxygens (including phenoxy) is 1. The van der Waals surface area contributed by atoms with E-state index in [0.717, 1.165) is 40.3 Å². The van der Waals surface area contributed by atoms with Gasteiger partial charge in [0.1, 0.15) is 12.4 Å². The zero-order valence-electron chi connectivity index (χ0n) is 18.5. The van der Waals surface area contributed by atoms with E-state index in [2.05, 4.69) is 11.6 Å². The van der Waals surface area contributed by atoms with Crippen molar-refractivity contribution in [3.8, 4) is 16.9 Å². The standard InChI is InChI=1S/C26H27ClN2O2S.ClH/c1-32-13-12-22-17-29(26(30)16-28-22)25-15-21(27)10-11-24(25)20-8-5-9-23(14-20)31-18-19-6-3-2-4-7-19;/h2-11,14-15,22,28H,12-13,16-18H2,1H3;1H/t22-;/m0./s1. The van der Waals surface area contributed by atoms with Gasteiger partial charge >= 0.3 is 0 Å². The van der Waals surface area contributed by atoms with Gasteiger partial charge < -0.3 is 15.0 Å². The van der Waals surface area contributed by atoms with Gasteiger partial charge in [-0.05, 0) is 53.8 Å². The summed E-state index contributed by atoms with van der Waals surface area (Å²) in [4.78, 5) is 14.7. The van der Waals surface area contributed by atoms with Crippen LogP contribution in [0.2, 0.25) is 5.02 Å². The zero-order chi connectivity index (χ0) is 22.3. The maximum atomic E-state index is 12.8. The molecule has 3 aromatic rings. The number of thioether (sulfide) groups is 1. The summed E-state index contributed by atoms with van der Waals surface area (Å²) < 4.78 is 6.03. The van der Waals surface area contributed by atoms with Crippen LogP contribution in [-0.2, 0) is 11.4 Å². The summed E-state index contributed by atoms with van der Waals surface area (Å²) in [7, 11) is 0. The minimum atomic E-state index is 0. The second kappa shape index (κ2) is 12.3. The van der Waals surface area contributed by atoms with Crippen molar-refractivity contribution in [2.24, 2.45) is 0 Å². The van der Waals surface area contributed by atoms with E-state index >= 15 is 0 Å². The highest BCUT2D eigenvalue weighted by molar-refractivity contribution is 7.98. The third kappa shape index (κ3) is 6.67. The molecule has 4 nitrogen and oxygen atoms in total. The highest BCUT2D eigenvalue weighted by Gasteiger charge is 2.28. The maximum absolute atomic E-state index is 12.8. The third-order valence-corrected chi connectivity index (χ3v) is 6.44. The number of hydrogen-bond donors (Lipinski definition) is 1. The molecule has 1 heterocycles. The molecule has 1 amide bonds. The number of piperazine rings is 1. The Morgan fingerprint density at radius 3 is 2.70 bits per heavy atom. The van der Waals surface area contributed by atoms with Crippen LogP contribution in [-0.4, -0.2) is 37.0 Å². The average Bonchev–Trinajstić information content (AvgIpc) is 2.83. The van der Waals surface area contributed by atoms with Crippen molar-refractivity contribution < 1.29 is 9.53 Å². The predicted molar refractivity (Wildman–Crippen MR) is 142 cm³/mol. The highest BCUT2D eigenvalue weighted by atomic mass is 35.5. The summed E-state index contributed by atoms with van der Waals surface area (Å²) in [5.41, 5.74) is 3.93. The van der Waals surface area contributed by atoms with Gasteiger partial charge in [0, 0.05) is 23.2 Å². The van der Waals surface area contributed by atoms with Crippen LogP contribution in [0.3, 0.4) is 0 Å². The Hall–Kier alpha value is -2.18. The van der Waals surface area contributed by atoms with Crippen molar-refractivity contribution >= 4 is 47.4 Å². The molecule has 1 atom stereocenters. The second-order valence-electron chi connectivity index (χ2n) is 7.83. The van der Waals surface area contributed by atoms with Crippen LogP contribution >= 0.6 is 35.8 Å². The molecule has 7 heteroatoms. The molecule has 3 aromatic carbocycles. The number of carbonyl (C=O) groups is 1. The molecule has 0 bridgehead atoms. The third-order valence-electron chi connectivity index (χ3n) is 5.56. The van der Waals surface area contributed by atoms with Crippen molar-refractivity contribution in [1.29, 1.82) is 0 Å². The lowest BCUT2D eigenvalue weighted by molar-refractivity contribution is -0.119. The van der Waals surface area contributed by atoms with E-state index < -0.39 is 0 Å². The van der Waals surface area contributed by atoms with Gasteiger partial charge in [-0.3, -0.25) is 4.79 Å². The molecule has 1 fully saturated rings. The van der Waals surface area contributed by atoms with Crippen molar-refractivity contribution in [2.75, 3.05) is 30.0 Å². The number of halogens is 2. The molecule has 33 heavy (non-hydrogen) atoms. The minimum absolute atomic E-state index is 0. The Morgan fingerprint density at radius 1 is 1.09 bits per heavy atom. The largest absolute Gasteiger partial charge is 0.489 e. The first-order valence-corrected chi connectivity index (χ1v) is 12.5. The van der Waals surface area contributed by atoms with Gasteiger partial charge in [0.05, 0.1) is 12.2 Å². The van der Waals surface area contributed by atoms with Crippen LogP contribution in [0.15, 0.2) is 72.8 Å². The van der Waals surface area contributed by atoms with Gasteiger partial charge in [-0.25, -0.2) is 0 Å². The number of carbonyl (C=O) groups excluding carboxylic acids is 1. The first-order valence-electron chi connectivity index (χ1n) is 10.7. The molecule has 0 aromatic heterocycles. The van der Waals surface area contributed by atoms with Gasteiger partial charge in [-0.15, -0.1) is 12.4 Å². The van der Waals surface area contributed by atoms with Gasteiger partial charge in [0.2, 0.25) is 5.91 Å². The number of hydrogen-bond acceptors (Lipinski definition) is 4. The van der Waals surface area contributed by atoms with E-state index in [1.807, 2.05) is 89.5 Å². The van der Waals surface area contributed by atoms with Gasteiger partial charge in [-0.1, -0.05) is 60.1 Å². The number of nitrogens with one attached hydrogen (secondary N) is 1. The van der Waals surface area contributed by atoms with Crippen molar-refractivity contribution in [2.45, 2.75) is 19.1 Å². The van der Waals surface area contributed by atoms with E-state index in [9.17, 15) is 4.79 Å². The minimum Gasteiger partial charge on any atom is -0.489 e. The molecular weight excluding hydrogens is 475 g/mol. The molecule has 1 aliphatic rings. The van der Waals surface area contributed by atoms with E-state index in [-0.39, 0.29) is 24.4 Å². The van der Waals surface area contributed by atoms with Crippen molar-refractivity contribution in [1.82, 2.24) is 5.32 Å². The topological polar surface area (TPSA) is 41.6 Å². The Morgan fingerprint density at radius 2 is 1.91 bits per heavy atom. The number of rotatable bonds is 8. The Kier molecular flexibility index (Phi) is 9.51. The van der Waals surface area contributed by atoms with Crippen molar-refractivity contribution in [3.05, 3.63) is 83.4 Å². The first-order chi connectivity index (χ1) is 15.6. The van der Waals surface area contributed by atoms with Crippen LogP contribution in [0.25, 0.3) is 11.1 Å². The van der Waals surface area contributed by atoms with E-state index in [0.29, 0.717) is 24.7 Å². The summed E-state index contributed by atoms with van der Waals surface area (Å²) in [5, 5.41) is 3.98. The van der Waals surface area contributed by atoms with E-state index in [1.165, 1.54) is 0 Å². The molecule has 0 radical (unpaired) electrons. The quantitative estimate of drug-likeness (QED) is 0.406. The van der Waals surface area contributed by atoms with Crippen LogP contribution in [0, 0.1) is 0 Å². The second-order valence-corrected chi connectivity index (χ2v) is 9.25. The lowest BCUT2D eigenvalue weighted by Crippen LogP contribution is -2.54. The molecule has 0 unspecified atom stereocenters. The fraction of sp³-hybridized carbons (Fsp3) is 0.269. The molecular formula is C26H28Cl2N2O2S. The summed E-state index contributed by atoms with van der Waals surface area (Å²) in [6, 6.07) is 24.1. The fourth-order valence-corrected chi connectivity index (χ4v) is 4.55. The lowest BCUT2D eigenvalue weighted by Gasteiger charge is -2.35. The molecule has 0 aliphatic carbocycles. The highest BCUT2D eigenvalue weighted by Crippen LogP contribution is 2.36. The fourth-order valence-electron chi connectivity index (χ4n) is 3.87. The van der Waals surface area contributed by atoms with Crippen LogP contribution in [0.5, 0.6) is 5.75 Å². The normalized spacial score (nSPS) is 15.8. The van der Waals surface area contributed by atoms with Gasteiger partial charge in [0.25, 0.3) is 0 Å². The molecule has 1 N–H and O–H groups in total. The zero-order valence-corrected chi connectivity index (χ0v) is 20.9. The molecule has 0 saturated carbocycles. The maximum Gasteiger partial charge on any atom is 0.241 e. The summed E-state index contributed by atoms with van der Waals surface area (Å²) >= 11 is 8.18. The summed E-state index contributed by atoms with van der Waals surface area (Å²) in [6.45, 7) is 1.48. The number of anilines is 1. The Labute approximate surface area is 211 Å². The average molecular weight is 503 g/mol. The Balaban J connectivity index is 0.00000306. The predicted octanol–water partition coefficient (Wildman–Crippen LogP) is 6.07. The van der Waals surface area contributed by atoms with Crippen LogP contribution in [0.4, 0.5) is 5.69 Å². The number of nitrogens with zero attached hydrogens (tertiary/aromatic N) is 1. The van der Waals surface area contributed by atoms with E-state index in [4.69, 9.17) is 16.3 Å². The monoisotopic (exact) mass is 502 g/mol. The van der Waals surface area contributed by atoms with Gasteiger partial charge in [0.15, 0.2) is 0 Å². The molecule has 0 spiro atoms. The number of benzene rings is 3. The molecule has 1 saturated heterocycles. The first kappa shape index (κ1) is 25.4. The van der Waals surface area contributed by atoms with Crippen molar-refractivity contribution in [3.63, 3.8) is 0 Å². The van der Waals surface area contributed by atoms with E-state index in [1.54, 1.807) is 0 Å². The SMILES string of the molecule is CSCC[C@H]1CN(c2cc(Cl)ccc2-c2cccc(OCc3ccccc3)c2)C(=O)CN1.Cl. The molecule has 1 aliphatic heterocycles. The van der Waals surface area contributed by atoms with Crippen LogP contribution in [0.1, 0.15) is 12.0 Å². The smallest absolute Gasteiger partial charge is 0.241 e. The van der Waals surface area contributed by atoms with Gasteiger partial charge in [-0.2, -0.15) is 11.8 Å². The summed E-state index contributed by atoms with van der Waals surface area (Å²) in [5.74, 6) is 1.91. The molecule has 4 rings (SSSR count). The lowest BCUT2D eigenvalue weighted by atomic mass is 10.0. The summed E-state index contributed by atoms with van der Waals surface area (Å²) in [6.07, 6.45) is 3.12. The van der Waals surface area contributed by atoms with Crippen LogP contribution < -0.4 is 15.0 Å². The number of amides is 1.